The predicted molar refractivity (Wildman–Crippen MR) is 99.9 cm³/mol. The number of halogens is 2. The molecule has 0 bridgehead atoms. The standard InChI is InChI=1S/C17H14Cl2N2O2S/c1-10(22)20-12-3-5-13(6-4-12)21-16(23)9-24-17(21)11-2-7-14(18)15(19)8-11/h2-8,17H,9H2,1H3,(H,20,22). The second-order valence-electron chi connectivity index (χ2n) is 5.33. The summed E-state index contributed by atoms with van der Waals surface area (Å²) >= 11 is 13.6. The first-order valence-corrected chi connectivity index (χ1v) is 9.02. The summed E-state index contributed by atoms with van der Waals surface area (Å²) in [5.41, 5.74) is 2.39. The molecule has 24 heavy (non-hydrogen) atoms. The second-order valence-corrected chi connectivity index (χ2v) is 7.21. The maximum Gasteiger partial charge on any atom is 0.238 e. The third-order valence-electron chi connectivity index (χ3n) is 3.56. The van der Waals surface area contributed by atoms with Gasteiger partial charge in [-0.1, -0.05) is 29.3 Å². The summed E-state index contributed by atoms with van der Waals surface area (Å²) in [7, 11) is 0. The molecule has 0 saturated carbocycles. The van der Waals surface area contributed by atoms with Crippen LogP contribution >= 0.6 is 35.0 Å². The van der Waals surface area contributed by atoms with Crippen LogP contribution in [0.15, 0.2) is 42.5 Å². The molecule has 4 nitrogen and oxygen atoms in total. The molecule has 1 aliphatic rings. The van der Waals surface area contributed by atoms with Crippen molar-refractivity contribution < 1.29 is 9.59 Å². The molecule has 2 aromatic rings. The summed E-state index contributed by atoms with van der Waals surface area (Å²) in [6.45, 7) is 1.45. The Bertz CT molecular complexity index is 796. The SMILES string of the molecule is CC(=O)Nc1ccc(N2C(=O)CSC2c2ccc(Cl)c(Cl)c2)cc1. The van der Waals surface area contributed by atoms with Crippen molar-refractivity contribution in [3.8, 4) is 0 Å². The summed E-state index contributed by atoms with van der Waals surface area (Å²) in [6.07, 6.45) is 0. The lowest BCUT2D eigenvalue weighted by atomic mass is 10.2. The Morgan fingerprint density at radius 1 is 1.17 bits per heavy atom. The maximum atomic E-state index is 12.3. The van der Waals surface area contributed by atoms with E-state index in [0.717, 1.165) is 11.3 Å². The molecular formula is C17H14Cl2N2O2S. The van der Waals surface area contributed by atoms with E-state index in [1.54, 1.807) is 40.9 Å². The van der Waals surface area contributed by atoms with Gasteiger partial charge in [-0.05, 0) is 42.0 Å². The van der Waals surface area contributed by atoms with Crippen LogP contribution in [0.25, 0.3) is 0 Å². The zero-order valence-electron chi connectivity index (χ0n) is 12.8. The van der Waals surface area contributed by atoms with Gasteiger partial charge in [-0.3, -0.25) is 14.5 Å². The zero-order chi connectivity index (χ0) is 17.3. The first kappa shape index (κ1) is 17.1. The lowest BCUT2D eigenvalue weighted by Crippen LogP contribution is -2.27. The van der Waals surface area contributed by atoms with E-state index < -0.39 is 0 Å². The smallest absolute Gasteiger partial charge is 0.238 e. The van der Waals surface area contributed by atoms with Crippen molar-refractivity contribution in [2.45, 2.75) is 12.3 Å². The van der Waals surface area contributed by atoms with Gasteiger partial charge in [0.2, 0.25) is 11.8 Å². The molecule has 2 amide bonds. The first-order valence-electron chi connectivity index (χ1n) is 7.22. The van der Waals surface area contributed by atoms with Gasteiger partial charge in [0.05, 0.1) is 15.8 Å². The molecule has 2 aromatic carbocycles. The molecule has 124 valence electrons. The molecule has 1 unspecified atom stereocenters. The third-order valence-corrected chi connectivity index (χ3v) is 5.51. The molecule has 1 atom stereocenters. The van der Waals surface area contributed by atoms with Gasteiger partial charge in [-0.15, -0.1) is 11.8 Å². The van der Waals surface area contributed by atoms with Crippen LogP contribution in [-0.4, -0.2) is 17.6 Å². The van der Waals surface area contributed by atoms with Crippen LogP contribution in [0.4, 0.5) is 11.4 Å². The van der Waals surface area contributed by atoms with Crippen molar-refractivity contribution in [3.05, 3.63) is 58.1 Å². The molecule has 0 aromatic heterocycles. The van der Waals surface area contributed by atoms with Gasteiger partial charge in [-0.25, -0.2) is 0 Å². The van der Waals surface area contributed by atoms with E-state index >= 15 is 0 Å². The highest BCUT2D eigenvalue weighted by Crippen LogP contribution is 2.43. The monoisotopic (exact) mass is 380 g/mol. The number of thioether (sulfide) groups is 1. The third kappa shape index (κ3) is 3.53. The number of carbonyl (C=O) groups is 2. The van der Waals surface area contributed by atoms with Crippen molar-refractivity contribution in [2.24, 2.45) is 0 Å². The van der Waals surface area contributed by atoms with E-state index in [1.807, 2.05) is 18.2 Å². The Morgan fingerprint density at radius 3 is 2.50 bits per heavy atom. The summed E-state index contributed by atoms with van der Waals surface area (Å²) in [4.78, 5) is 25.2. The van der Waals surface area contributed by atoms with Crippen LogP contribution < -0.4 is 10.2 Å². The van der Waals surface area contributed by atoms with Crippen LogP contribution in [0.3, 0.4) is 0 Å². The Morgan fingerprint density at radius 2 is 1.88 bits per heavy atom. The van der Waals surface area contributed by atoms with Gasteiger partial charge in [-0.2, -0.15) is 0 Å². The maximum absolute atomic E-state index is 12.3. The Balaban J connectivity index is 1.90. The molecule has 3 rings (SSSR count). The van der Waals surface area contributed by atoms with Crippen molar-refractivity contribution in [1.29, 1.82) is 0 Å². The van der Waals surface area contributed by atoms with Gasteiger partial charge in [0, 0.05) is 18.3 Å². The molecule has 1 saturated heterocycles. The average molecular weight is 381 g/mol. The molecule has 7 heteroatoms. The van der Waals surface area contributed by atoms with Crippen LogP contribution in [0.1, 0.15) is 17.9 Å². The van der Waals surface area contributed by atoms with Gasteiger partial charge in [0.15, 0.2) is 0 Å². The molecule has 0 spiro atoms. The number of amides is 2. The Hall–Kier alpha value is -1.69. The molecule has 0 aliphatic carbocycles. The lowest BCUT2D eigenvalue weighted by molar-refractivity contribution is -0.116. The lowest BCUT2D eigenvalue weighted by Gasteiger charge is -2.24. The fourth-order valence-corrected chi connectivity index (χ4v) is 4.00. The number of rotatable bonds is 3. The highest BCUT2D eigenvalue weighted by molar-refractivity contribution is 8.00. The first-order chi connectivity index (χ1) is 11.5. The largest absolute Gasteiger partial charge is 0.326 e. The fourth-order valence-electron chi connectivity index (χ4n) is 2.52. The predicted octanol–water partition coefficient (Wildman–Crippen LogP) is 4.73. The van der Waals surface area contributed by atoms with E-state index in [9.17, 15) is 9.59 Å². The number of nitrogens with one attached hydrogen (secondary N) is 1. The normalized spacial score (nSPS) is 17.2. The number of hydrogen-bond donors (Lipinski definition) is 1. The summed E-state index contributed by atoms with van der Waals surface area (Å²) in [5.74, 6) is 0.297. The number of hydrogen-bond acceptors (Lipinski definition) is 3. The van der Waals surface area contributed by atoms with E-state index in [0.29, 0.717) is 21.5 Å². The minimum Gasteiger partial charge on any atom is -0.326 e. The molecule has 1 N–H and O–H groups in total. The number of carbonyl (C=O) groups excluding carboxylic acids is 2. The average Bonchev–Trinajstić information content (AvgIpc) is 2.92. The van der Waals surface area contributed by atoms with E-state index in [1.165, 1.54) is 6.92 Å². The zero-order valence-corrected chi connectivity index (χ0v) is 15.1. The van der Waals surface area contributed by atoms with E-state index in [-0.39, 0.29) is 17.2 Å². The summed E-state index contributed by atoms with van der Waals surface area (Å²) in [6, 6.07) is 12.6. The molecule has 0 radical (unpaired) electrons. The molecule has 1 aliphatic heterocycles. The van der Waals surface area contributed by atoms with Crippen molar-refractivity contribution in [2.75, 3.05) is 16.0 Å². The molecule has 1 fully saturated rings. The summed E-state index contributed by atoms with van der Waals surface area (Å²) < 4.78 is 0. The van der Waals surface area contributed by atoms with Gasteiger partial charge in [0.1, 0.15) is 5.37 Å². The van der Waals surface area contributed by atoms with E-state index in [4.69, 9.17) is 23.2 Å². The van der Waals surface area contributed by atoms with Crippen molar-refractivity contribution >= 4 is 58.2 Å². The van der Waals surface area contributed by atoms with Crippen LogP contribution in [0.5, 0.6) is 0 Å². The molecule has 1 heterocycles. The fraction of sp³-hybridized carbons (Fsp3) is 0.176. The van der Waals surface area contributed by atoms with Crippen LogP contribution in [-0.2, 0) is 9.59 Å². The van der Waals surface area contributed by atoms with E-state index in [2.05, 4.69) is 5.32 Å². The van der Waals surface area contributed by atoms with Crippen LogP contribution in [0.2, 0.25) is 10.0 Å². The Labute approximate surface area is 154 Å². The van der Waals surface area contributed by atoms with Crippen LogP contribution in [0, 0.1) is 0 Å². The topological polar surface area (TPSA) is 49.4 Å². The van der Waals surface area contributed by atoms with Gasteiger partial charge >= 0.3 is 0 Å². The quantitative estimate of drug-likeness (QED) is 0.836. The number of anilines is 2. The second kappa shape index (κ2) is 7.05. The number of nitrogens with zero attached hydrogens (tertiary/aromatic N) is 1. The summed E-state index contributed by atoms with van der Waals surface area (Å²) in [5, 5.41) is 3.51. The highest BCUT2D eigenvalue weighted by Gasteiger charge is 2.34. The Kier molecular flexibility index (Phi) is 5.04. The highest BCUT2D eigenvalue weighted by atomic mass is 35.5. The molecular weight excluding hydrogens is 367 g/mol. The number of benzene rings is 2. The minimum absolute atomic E-state index is 0.0309. The minimum atomic E-state index is -0.154. The van der Waals surface area contributed by atoms with Crippen molar-refractivity contribution in [1.82, 2.24) is 0 Å². The van der Waals surface area contributed by atoms with Gasteiger partial charge < -0.3 is 5.32 Å². The van der Waals surface area contributed by atoms with Crippen molar-refractivity contribution in [3.63, 3.8) is 0 Å². The van der Waals surface area contributed by atoms with Gasteiger partial charge in [0.25, 0.3) is 0 Å².